The summed E-state index contributed by atoms with van der Waals surface area (Å²) in [5.41, 5.74) is 1.84. The summed E-state index contributed by atoms with van der Waals surface area (Å²) in [7, 11) is -2.40. The zero-order valence-electron chi connectivity index (χ0n) is 17.8. The number of ether oxygens (including phenoxy) is 2. The van der Waals surface area contributed by atoms with E-state index < -0.39 is 10.0 Å². The first kappa shape index (κ1) is 25.5. The smallest absolute Gasteiger partial charge is 0.293 e. The second-order valence-corrected chi connectivity index (χ2v) is 8.82. The molecule has 0 saturated carbocycles. The fourth-order valence-corrected chi connectivity index (χ4v) is 3.89. The normalized spacial score (nSPS) is 10.8. The van der Waals surface area contributed by atoms with E-state index in [4.69, 9.17) is 9.88 Å². The molecule has 11 heteroatoms. The van der Waals surface area contributed by atoms with Gasteiger partial charge in [-0.1, -0.05) is 43.7 Å². The summed E-state index contributed by atoms with van der Waals surface area (Å²) < 4.78 is 36.2. The van der Waals surface area contributed by atoms with Gasteiger partial charge in [-0.15, -0.1) is 0 Å². The predicted octanol–water partition coefficient (Wildman–Crippen LogP) is 3.37. The number of aromatic nitrogens is 3. The molecule has 2 aromatic carbocycles. The molecule has 0 radical (unpaired) electrons. The molecule has 3 aromatic rings. The van der Waals surface area contributed by atoms with E-state index in [2.05, 4.69) is 30.7 Å². The number of primary sulfonamides is 1. The molecule has 0 fully saturated rings. The molecule has 0 aliphatic carbocycles. The number of sulfonamides is 1. The molecule has 32 heavy (non-hydrogen) atoms. The molecule has 1 heterocycles. The maximum atomic E-state index is 12.1. The summed E-state index contributed by atoms with van der Waals surface area (Å²) in [6, 6.07) is 12.3. The molecule has 9 nitrogen and oxygen atoms in total. The Morgan fingerprint density at radius 2 is 1.94 bits per heavy atom. The number of carbonyl (C=O) groups is 1. The van der Waals surface area contributed by atoms with E-state index in [1.165, 1.54) is 19.5 Å². The van der Waals surface area contributed by atoms with Crippen LogP contribution in [-0.2, 0) is 26.1 Å². The number of carbonyl (C=O) groups excluding carboxylic acids is 1. The van der Waals surface area contributed by atoms with Gasteiger partial charge in [0.1, 0.15) is 12.1 Å². The zero-order valence-corrected chi connectivity index (χ0v) is 20.2. The van der Waals surface area contributed by atoms with Crippen molar-refractivity contribution in [3.63, 3.8) is 0 Å². The molecule has 0 amide bonds. The zero-order chi connectivity index (χ0) is 23.6. The molecule has 0 aliphatic rings. The van der Waals surface area contributed by atoms with Crippen LogP contribution < -0.4 is 9.88 Å². The third kappa shape index (κ3) is 7.14. The van der Waals surface area contributed by atoms with Crippen molar-refractivity contribution >= 4 is 32.4 Å². The molecular weight excluding hydrogens is 500 g/mol. The average molecular weight is 525 g/mol. The van der Waals surface area contributed by atoms with Crippen molar-refractivity contribution < 1.29 is 22.7 Å². The van der Waals surface area contributed by atoms with Crippen molar-refractivity contribution in [1.29, 1.82) is 0 Å². The Labute approximate surface area is 195 Å². The van der Waals surface area contributed by atoms with E-state index in [1.807, 2.05) is 37.3 Å². The Hall–Kier alpha value is -2.76. The molecule has 0 unspecified atom stereocenters. The summed E-state index contributed by atoms with van der Waals surface area (Å²) in [6.45, 7) is 3.38. The van der Waals surface area contributed by atoms with E-state index >= 15 is 0 Å². The van der Waals surface area contributed by atoms with Crippen LogP contribution in [0.1, 0.15) is 25.3 Å². The van der Waals surface area contributed by atoms with Gasteiger partial charge in [0.25, 0.3) is 6.47 Å². The minimum atomic E-state index is -3.93. The summed E-state index contributed by atoms with van der Waals surface area (Å²) in [5.74, 6) is 0.536. The number of hydrogen-bond donors (Lipinski definition) is 1. The summed E-state index contributed by atoms with van der Waals surface area (Å²) >= 11 is 3.29. The van der Waals surface area contributed by atoms with Crippen molar-refractivity contribution in [1.82, 2.24) is 14.8 Å². The minimum absolute atomic E-state index is 0.0331. The summed E-state index contributed by atoms with van der Waals surface area (Å²) in [5, 5.41) is 9.53. The Morgan fingerprint density at radius 1 is 1.22 bits per heavy atom. The quantitative estimate of drug-likeness (QED) is 0.335. The van der Waals surface area contributed by atoms with Gasteiger partial charge in [0, 0.05) is 11.1 Å². The lowest BCUT2D eigenvalue weighted by Gasteiger charge is -2.15. The molecule has 0 bridgehead atoms. The first-order valence-electron chi connectivity index (χ1n) is 9.69. The largest absolute Gasteiger partial charge is 0.496 e. The molecule has 0 atom stereocenters. The second kappa shape index (κ2) is 12.3. The molecule has 3 rings (SSSR count). The van der Waals surface area contributed by atoms with Crippen LogP contribution in [0.4, 0.5) is 0 Å². The van der Waals surface area contributed by atoms with Gasteiger partial charge in [-0.25, -0.2) is 23.2 Å². The number of methoxy groups -OCH3 is 1. The van der Waals surface area contributed by atoms with E-state index in [0.717, 1.165) is 18.4 Å². The Balaban J connectivity index is 0.000000451. The predicted molar refractivity (Wildman–Crippen MR) is 124 cm³/mol. The molecule has 172 valence electrons. The average Bonchev–Trinajstić information content (AvgIpc) is 3.18. The Bertz CT molecular complexity index is 1120. The Morgan fingerprint density at radius 3 is 2.47 bits per heavy atom. The monoisotopic (exact) mass is 524 g/mol. The van der Waals surface area contributed by atoms with Crippen LogP contribution >= 0.6 is 15.9 Å². The highest BCUT2D eigenvalue weighted by molar-refractivity contribution is 9.10. The Kier molecular flexibility index (Phi) is 9.82. The van der Waals surface area contributed by atoms with Gasteiger partial charge in [0.05, 0.1) is 25.2 Å². The van der Waals surface area contributed by atoms with Crippen molar-refractivity contribution in [3.8, 4) is 16.9 Å². The van der Waals surface area contributed by atoms with E-state index in [9.17, 15) is 13.2 Å². The maximum absolute atomic E-state index is 12.1. The lowest BCUT2D eigenvalue weighted by Crippen LogP contribution is -2.15. The van der Waals surface area contributed by atoms with Crippen molar-refractivity contribution in [2.45, 2.75) is 31.2 Å². The molecular formula is C21H25BrN4O5S. The van der Waals surface area contributed by atoms with E-state index in [1.54, 1.807) is 10.7 Å². The molecule has 0 aliphatic heterocycles. The molecule has 0 saturated heterocycles. The van der Waals surface area contributed by atoms with Crippen molar-refractivity contribution in [2.75, 3.05) is 13.7 Å². The molecule has 0 spiro atoms. The number of unbranched alkanes of at least 4 members (excludes halogenated alkanes) is 1. The first-order chi connectivity index (χ1) is 15.3. The van der Waals surface area contributed by atoms with Crippen LogP contribution in [0.3, 0.4) is 0 Å². The van der Waals surface area contributed by atoms with Crippen LogP contribution in [0.5, 0.6) is 5.75 Å². The number of benzene rings is 2. The highest BCUT2D eigenvalue weighted by Crippen LogP contribution is 2.34. The summed E-state index contributed by atoms with van der Waals surface area (Å²) in [6.07, 6.45) is 3.45. The number of hydrogen-bond acceptors (Lipinski definition) is 7. The minimum Gasteiger partial charge on any atom is -0.496 e. The van der Waals surface area contributed by atoms with Gasteiger partial charge < -0.3 is 9.47 Å². The first-order valence-corrected chi connectivity index (χ1v) is 12.0. The molecule has 1 aromatic heterocycles. The number of nitrogens with two attached hydrogens (primary N) is 1. The maximum Gasteiger partial charge on any atom is 0.293 e. The number of halogens is 1. The van der Waals surface area contributed by atoms with Crippen LogP contribution in [0.15, 0.2) is 58.4 Å². The van der Waals surface area contributed by atoms with Gasteiger partial charge in [-0.2, -0.15) is 5.10 Å². The fraction of sp³-hybridized carbons (Fsp3) is 0.286. The number of nitrogens with zero attached hydrogens (tertiary/aromatic N) is 3. The van der Waals surface area contributed by atoms with E-state index in [0.29, 0.717) is 34.7 Å². The van der Waals surface area contributed by atoms with Crippen LogP contribution in [0.25, 0.3) is 11.1 Å². The van der Waals surface area contributed by atoms with Gasteiger partial charge in [-0.3, -0.25) is 4.79 Å². The summed E-state index contributed by atoms with van der Waals surface area (Å²) in [4.78, 5) is 13.5. The van der Waals surface area contributed by atoms with Crippen molar-refractivity contribution in [3.05, 3.63) is 59.1 Å². The van der Waals surface area contributed by atoms with Gasteiger partial charge >= 0.3 is 0 Å². The lowest BCUT2D eigenvalue weighted by molar-refractivity contribution is -0.128. The topological polar surface area (TPSA) is 126 Å². The van der Waals surface area contributed by atoms with Gasteiger partial charge in [-0.05, 0) is 40.0 Å². The number of rotatable bonds is 9. The highest BCUT2D eigenvalue weighted by Gasteiger charge is 2.20. The van der Waals surface area contributed by atoms with Gasteiger partial charge in [0.15, 0.2) is 4.73 Å². The van der Waals surface area contributed by atoms with Crippen LogP contribution in [-0.4, -0.2) is 43.4 Å². The van der Waals surface area contributed by atoms with Crippen molar-refractivity contribution in [2.24, 2.45) is 5.14 Å². The van der Waals surface area contributed by atoms with Crippen LogP contribution in [0, 0.1) is 0 Å². The second-order valence-electron chi connectivity index (χ2n) is 6.58. The highest BCUT2D eigenvalue weighted by atomic mass is 79.9. The fourth-order valence-electron chi connectivity index (χ4n) is 2.79. The third-order valence-corrected chi connectivity index (χ3v) is 5.91. The van der Waals surface area contributed by atoms with E-state index in [-0.39, 0.29) is 11.4 Å². The SMILES string of the molecule is CCCCOC=O.COc1cc(-c2ccccc2)c(S(N)(=O)=O)cc1Cn1ncnc1Br. The lowest BCUT2D eigenvalue weighted by atomic mass is 10.0. The van der Waals surface area contributed by atoms with Gasteiger partial charge in [0.2, 0.25) is 10.0 Å². The standard InChI is InChI=1S/C16H15BrN4O3S.C5H10O2/c1-24-14-8-13(11-5-3-2-4-6-11)15(25(18,22)23)7-12(14)9-21-16(17)19-10-20-21;1-2-3-4-7-5-6/h2-8,10H,9H2,1H3,(H2,18,22,23);5H,2-4H2,1H3. The third-order valence-electron chi connectivity index (χ3n) is 4.35. The molecule has 2 N–H and O–H groups in total. The van der Waals surface area contributed by atoms with Crippen LogP contribution in [0.2, 0.25) is 0 Å².